The molecule has 0 aromatic heterocycles. The summed E-state index contributed by atoms with van der Waals surface area (Å²) in [5, 5.41) is 0. The lowest BCUT2D eigenvalue weighted by Gasteiger charge is -2.09. The molecule has 0 saturated heterocycles. The first-order valence-corrected chi connectivity index (χ1v) is 5.15. The van der Waals surface area contributed by atoms with Crippen molar-refractivity contribution in [3.63, 3.8) is 0 Å². The summed E-state index contributed by atoms with van der Waals surface area (Å²) in [6.07, 6.45) is 6.02. The van der Waals surface area contributed by atoms with Crippen LogP contribution in [0, 0.1) is 6.92 Å². The van der Waals surface area contributed by atoms with Crippen molar-refractivity contribution in [1.29, 1.82) is 0 Å². The van der Waals surface area contributed by atoms with E-state index in [9.17, 15) is 0 Å². The quantitative estimate of drug-likeness (QED) is 0.689. The molecule has 0 fully saturated rings. The van der Waals surface area contributed by atoms with Crippen LogP contribution < -0.4 is 4.74 Å². The maximum Gasteiger partial charge on any atom is 0.126 e. The second-order valence-corrected chi connectivity index (χ2v) is 3.83. The van der Waals surface area contributed by atoms with Crippen LogP contribution in [0.2, 0.25) is 0 Å². The summed E-state index contributed by atoms with van der Waals surface area (Å²) in [6, 6.07) is 6.43. The minimum absolute atomic E-state index is 1.01. The van der Waals surface area contributed by atoms with Crippen molar-refractivity contribution in [1.82, 2.24) is 0 Å². The summed E-state index contributed by atoms with van der Waals surface area (Å²) in [6.45, 7) is 2.09. The van der Waals surface area contributed by atoms with E-state index in [-0.39, 0.29) is 0 Å². The highest BCUT2D eigenvalue weighted by atomic mass is 16.5. The summed E-state index contributed by atoms with van der Waals surface area (Å²) < 4.78 is 5.40. The zero-order valence-electron chi connectivity index (χ0n) is 8.84. The molecule has 1 aromatic rings. The Morgan fingerprint density at radius 2 is 2.14 bits per heavy atom. The van der Waals surface area contributed by atoms with Gasteiger partial charge in [0.05, 0.1) is 7.11 Å². The number of rotatable bonds is 2. The zero-order valence-corrected chi connectivity index (χ0v) is 8.84. The fraction of sp³-hybridized carbons (Fsp3) is 0.385. The lowest BCUT2D eigenvalue weighted by molar-refractivity contribution is 0.413. The normalized spacial score (nSPS) is 15.4. The van der Waals surface area contributed by atoms with E-state index < -0.39 is 0 Å². The number of allylic oxidation sites excluding steroid dienone is 2. The van der Waals surface area contributed by atoms with Gasteiger partial charge in [-0.1, -0.05) is 18.2 Å². The van der Waals surface area contributed by atoms with Gasteiger partial charge in [-0.3, -0.25) is 0 Å². The van der Waals surface area contributed by atoms with E-state index in [4.69, 9.17) is 4.74 Å². The fourth-order valence-electron chi connectivity index (χ4n) is 1.98. The number of benzene rings is 1. The van der Waals surface area contributed by atoms with E-state index in [0.29, 0.717) is 0 Å². The van der Waals surface area contributed by atoms with Gasteiger partial charge in [-0.15, -0.1) is 0 Å². The zero-order chi connectivity index (χ0) is 9.97. The number of hydrogen-bond donors (Lipinski definition) is 0. The van der Waals surface area contributed by atoms with Crippen LogP contribution in [0.1, 0.15) is 30.4 Å². The van der Waals surface area contributed by atoms with Crippen LogP contribution in [0.25, 0.3) is 5.57 Å². The molecule has 0 saturated carbocycles. The minimum Gasteiger partial charge on any atom is -0.496 e. The Labute approximate surface area is 85.4 Å². The third-order valence-corrected chi connectivity index (χ3v) is 2.74. The molecule has 2 rings (SSSR count). The van der Waals surface area contributed by atoms with Gasteiger partial charge in [0.25, 0.3) is 0 Å². The van der Waals surface area contributed by atoms with Gasteiger partial charge in [0.1, 0.15) is 5.75 Å². The predicted molar refractivity (Wildman–Crippen MR) is 59.6 cm³/mol. The fourth-order valence-corrected chi connectivity index (χ4v) is 1.98. The van der Waals surface area contributed by atoms with Crippen LogP contribution in [-0.2, 0) is 0 Å². The summed E-state index contributed by atoms with van der Waals surface area (Å²) in [7, 11) is 1.74. The minimum atomic E-state index is 1.01. The van der Waals surface area contributed by atoms with Crippen molar-refractivity contribution >= 4 is 5.57 Å². The van der Waals surface area contributed by atoms with Gasteiger partial charge in [0.15, 0.2) is 0 Å². The smallest absolute Gasteiger partial charge is 0.126 e. The standard InChI is InChI=1S/C13H16O/c1-10-7-8-12(13(9-10)14-2)11-5-3-4-6-11/h5,7-9H,3-4,6H2,1-2H3. The van der Waals surface area contributed by atoms with Crippen molar-refractivity contribution in [3.05, 3.63) is 35.4 Å². The number of ether oxygens (including phenoxy) is 1. The van der Waals surface area contributed by atoms with E-state index >= 15 is 0 Å². The molecule has 1 aliphatic rings. The second-order valence-electron chi connectivity index (χ2n) is 3.83. The van der Waals surface area contributed by atoms with Crippen LogP contribution in [0.15, 0.2) is 24.3 Å². The summed E-state index contributed by atoms with van der Waals surface area (Å²) in [4.78, 5) is 0. The Hall–Kier alpha value is -1.24. The van der Waals surface area contributed by atoms with Gasteiger partial charge in [-0.2, -0.15) is 0 Å². The van der Waals surface area contributed by atoms with Gasteiger partial charge < -0.3 is 4.74 Å². The van der Waals surface area contributed by atoms with Gasteiger partial charge in [0.2, 0.25) is 0 Å². The van der Waals surface area contributed by atoms with Gasteiger partial charge >= 0.3 is 0 Å². The SMILES string of the molecule is COc1cc(C)ccc1C1=CCCC1. The Bertz CT molecular complexity index is 363. The molecule has 0 unspecified atom stereocenters. The van der Waals surface area contributed by atoms with Crippen molar-refractivity contribution in [2.24, 2.45) is 0 Å². The Kier molecular flexibility index (Phi) is 2.58. The number of methoxy groups -OCH3 is 1. The highest BCUT2D eigenvalue weighted by molar-refractivity contribution is 5.72. The van der Waals surface area contributed by atoms with Crippen molar-refractivity contribution < 1.29 is 4.74 Å². The molecule has 1 aliphatic carbocycles. The van der Waals surface area contributed by atoms with Crippen LogP contribution >= 0.6 is 0 Å². The topological polar surface area (TPSA) is 9.23 Å². The van der Waals surface area contributed by atoms with Crippen molar-refractivity contribution in [2.45, 2.75) is 26.2 Å². The van der Waals surface area contributed by atoms with Crippen molar-refractivity contribution in [2.75, 3.05) is 7.11 Å². The van der Waals surface area contributed by atoms with Gasteiger partial charge in [-0.25, -0.2) is 0 Å². The molecule has 74 valence electrons. The average Bonchev–Trinajstić information content (AvgIpc) is 2.70. The Balaban J connectivity index is 2.41. The predicted octanol–water partition coefficient (Wildman–Crippen LogP) is 3.57. The molecule has 1 heteroatoms. The maximum absolute atomic E-state index is 5.40. The highest BCUT2D eigenvalue weighted by Crippen LogP contribution is 2.33. The molecular weight excluding hydrogens is 172 g/mol. The van der Waals surface area contributed by atoms with Crippen molar-refractivity contribution in [3.8, 4) is 5.75 Å². The highest BCUT2D eigenvalue weighted by Gasteiger charge is 2.11. The third-order valence-electron chi connectivity index (χ3n) is 2.74. The molecular formula is C13H16O. The summed E-state index contributed by atoms with van der Waals surface area (Å²) in [5.41, 5.74) is 3.97. The molecule has 0 spiro atoms. The van der Waals surface area contributed by atoms with Crippen LogP contribution in [0.3, 0.4) is 0 Å². The maximum atomic E-state index is 5.40. The lowest BCUT2D eigenvalue weighted by Crippen LogP contribution is -1.91. The molecule has 0 radical (unpaired) electrons. The first-order chi connectivity index (χ1) is 6.81. The molecule has 0 aliphatic heterocycles. The van der Waals surface area contributed by atoms with E-state index in [1.54, 1.807) is 7.11 Å². The van der Waals surface area contributed by atoms with Crippen LogP contribution in [-0.4, -0.2) is 7.11 Å². The summed E-state index contributed by atoms with van der Waals surface area (Å²) in [5.74, 6) is 1.01. The largest absolute Gasteiger partial charge is 0.496 e. The monoisotopic (exact) mass is 188 g/mol. The number of hydrogen-bond acceptors (Lipinski definition) is 1. The Morgan fingerprint density at radius 1 is 1.29 bits per heavy atom. The van der Waals surface area contributed by atoms with E-state index in [2.05, 4.69) is 31.2 Å². The van der Waals surface area contributed by atoms with Crippen LogP contribution in [0.5, 0.6) is 5.75 Å². The first-order valence-electron chi connectivity index (χ1n) is 5.15. The molecule has 1 nitrogen and oxygen atoms in total. The molecule has 1 aromatic carbocycles. The first kappa shape index (κ1) is 9.32. The lowest BCUT2D eigenvalue weighted by atomic mass is 10.0. The average molecular weight is 188 g/mol. The molecule has 14 heavy (non-hydrogen) atoms. The van der Waals surface area contributed by atoms with E-state index in [1.807, 2.05) is 0 Å². The third kappa shape index (κ3) is 1.67. The van der Waals surface area contributed by atoms with Crippen LogP contribution in [0.4, 0.5) is 0 Å². The Morgan fingerprint density at radius 3 is 2.79 bits per heavy atom. The van der Waals surface area contributed by atoms with E-state index in [1.165, 1.54) is 36.0 Å². The van der Waals surface area contributed by atoms with Gasteiger partial charge in [-0.05, 0) is 43.4 Å². The molecule has 0 bridgehead atoms. The molecule has 0 heterocycles. The van der Waals surface area contributed by atoms with Gasteiger partial charge in [0, 0.05) is 5.56 Å². The molecule has 0 atom stereocenters. The molecule has 0 N–H and O–H groups in total. The molecule has 0 amide bonds. The summed E-state index contributed by atoms with van der Waals surface area (Å²) >= 11 is 0. The second kappa shape index (κ2) is 3.87. The van der Waals surface area contributed by atoms with E-state index in [0.717, 1.165) is 5.75 Å². The number of aryl methyl sites for hydroxylation is 1.